The van der Waals surface area contributed by atoms with Crippen molar-refractivity contribution in [2.24, 2.45) is 0 Å². The van der Waals surface area contributed by atoms with Crippen LogP contribution in [0.4, 0.5) is 0 Å². The molecule has 1 N–H and O–H groups in total. The Morgan fingerprint density at radius 3 is 2.25 bits per heavy atom. The normalized spacial score (nSPS) is 6.38. The van der Waals surface area contributed by atoms with E-state index in [1.807, 2.05) is 0.164 Å². The van der Waals surface area contributed by atoms with Gasteiger partial charge in [0.1, 0.15) is 0 Å². The molecule has 0 aromatic carbocycles. The van der Waals surface area contributed by atoms with Crippen LogP contribution in [0, 0.1) is 5.43 Å². The monoisotopic (exact) mass is 141 g/mol. The summed E-state index contributed by atoms with van der Waals surface area (Å²) in [6.07, 6.45) is 0. The number of methoxy groups -OCH3 is 1. The Hall–Kier alpha value is 1.05. The number of hydrogen-bond acceptors (Lipinski definition) is 3. The van der Waals surface area contributed by atoms with Crippen LogP contribution in [0.5, 0.6) is 0 Å². The molecular formula is C4H8KNO2. The number of aliphatic hydroxyl groups excluding tert-OH is 1. The molecule has 0 heterocycles. The van der Waals surface area contributed by atoms with Crippen molar-refractivity contribution in [1.29, 1.82) is 5.26 Å². The zero-order valence-corrected chi connectivity index (χ0v) is 8.34. The minimum atomic E-state index is 0.122. The van der Waals surface area contributed by atoms with Crippen LogP contribution < -0.4 is 0 Å². The number of ether oxygens (including phenoxy) is 1. The van der Waals surface area contributed by atoms with Gasteiger partial charge in [-0.2, -0.15) is 0 Å². The maximum absolute atomic E-state index is 7.94. The molecule has 0 aliphatic rings. The number of nitrogens with zero attached hydrogens (tertiary/aromatic N) is 1. The molecule has 0 saturated carbocycles. The Labute approximate surface area is 83.2 Å². The molecule has 0 aliphatic carbocycles. The molecule has 0 bridgehead atoms. The van der Waals surface area contributed by atoms with Crippen molar-refractivity contribution in [1.82, 2.24) is 0 Å². The van der Waals surface area contributed by atoms with E-state index in [0.717, 1.165) is 0 Å². The first-order chi connectivity index (χ1) is 3.83. The first-order valence-corrected chi connectivity index (χ1v) is 3.80. The van der Waals surface area contributed by atoms with Crippen LogP contribution in [0.15, 0.2) is 0 Å². The number of rotatable bonds is 2. The topological polar surface area (TPSA) is 53.2 Å². The fraction of sp³-hybridized carbons (Fsp3) is 0.750. The van der Waals surface area contributed by atoms with E-state index in [9.17, 15) is 0 Å². The van der Waals surface area contributed by atoms with Crippen LogP contribution in [-0.4, -0.2) is 74.4 Å². The molecule has 0 radical (unpaired) electrons. The van der Waals surface area contributed by atoms with Crippen molar-refractivity contribution in [2.45, 2.75) is 0 Å². The first-order valence-electron chi connectivity index (χ1n) is 2.24. The summed E-state index contributed by atoms with van der Waals surface area (Å²) >= 11 is 0.410. The summed E-state index contributed by atoms with van der Waals surface area (Å²) < 4.78 is 6.38. The third-order valence-electron chi connectivity index (χ3n) is 0.295. The zero-order chi connectivity index (χ0) is 6.83. The standard InChI is InChI=1S/C3H8O2.CN.K/c1-5-3-2-4;1-2;/h4H,2-3H2,1H3;;. The van der Waals surface area contributed by atoms with Gasteiger partial charge in [-0.3, -0.25) is 0 Å². The van der Waals surface area contributed by atoms with E-state index in [1.165, 1.54) is 0 Å². The molecule has 0 fully saturated rings. The second-order valence-corrected chi connectivity index (χ2v) is 1.64. The van der Waals surface area contributed by atoms with E-state index in [4.69, 9.17) is 10.4 Å². The van der Waals surface area contributed by atoms with Crippen molar-refractivity contribution in [2.75, 3.05) is 20.3 Å². The molecule has 0 rings (SSSR count). The molecule has 0 saturated heterocycles. The maximum atomic E-state index is 7.94. The molecule has 0 spiro atoms. The number of aliphatic hydroxyl groups is 1. The Bertz CT molecular complexity index is 59.5. The SMILES string of the molecule is COCCO.N#[C][K]. The molecule has 0 aromatic heterocycles. The van der Waals surface area contributed by atoms with Crippen LogP contribution in [-0.2, 0) is 4.74 Å². The summed E-state index contributed by atoms with van der Waals surface area (Å²) in [4.78, 5) is 0. The van der Waals surface area contributed by atoms with Gasteiger partial charge in [0.05, 0.1) is 13.2 Å². The van der Waals surface area contributed by atoms with Gasteiger partial charge in [-0.25, -0.2) is 0 Å². The summed E-state index contributed by atoms with van der Waals surface area (Å²) in [7, 11) is 1.55. The van der Waals surface area contributed by atoms with Gasteiger partial charge in [-0.15, -0.1) is 0 Å². The van der Waals surface area contributed by atoms with E-state index in [1.54, 1.807) is 7.11 Å². The second kappa shape index (κ2) is 15.7. The van der Waals surface area contributed by atoms with E-state index in [-0.39, 0.29) is 6.61 Å². The van der Waals surface area contributed by atoms with Crippen LogP contribution in [0.2, 0.25) is 0 Å². The molecule has 8 heavy (non-hydrogen) atoms. The Kier molecular flexibility index (Phi) is 23.1. The molecule has 4 heteroatoms. The third-order valence-corrected chi connectivity index (χ3v) is 0.295. The van der Waals surface area contributed by atoms with Gasteiger partial charge in [0.15, 0.2) is 0 Å². The van der Waals surface area contributed by atoms with Crippen molar-refractivity contribution in [3.63, 3.8) is 0 Å². The average molecular weight is 141 g/mol. The van der Waals surface area contributed by atoms with Crippen molar-refractivity contribution < 1.29 is 9.84 Å². The van der Waals surface area contributed by atoms with Crippen molar-refractivity contribution in [3.8, 4) is 0.164 Å². The fourth-order valence-electron chi connectivity index (χ4n) is 0.0913. The average Bonchev–Trinajstić information content (AvgIpc) is 1.71. The predicted octanol–water partition coefficient (Wildman–Crippen LogP) is -0.739. The Morgan fingerprint density at radius 2 is 2.25 bits per heavy atom. The van der Waals surface area contributed by atoms with E-state index >= 15 is 0 Å². The van der Waals surface area contributed by atoms with Gasteiger partial charge in [0, 0.05) is 7.11 Å². The summed E-state index contributed by atoms with van der Waals surface area (Å²) in [5.41, 5.74) is 0. The molecular weight excluding hydrogens is 133 g/mol. The summed E-state index contributed by atoms with van der Waals surface area (Å²) in [5.74, 6) is 0. The molecule has 0 atom stereocenters. The summed E-state index contributed by atoms with van der Waals surface area (Å²) in [6, 6.07) is 0. The van der Waals surface area contributed by atoms with Crippen LogP contribution in [0.1, 0.15) is 0 Å². The molecule has 0 aromatic rings. The molecule has 0 amide bonds. The quantitative estimate of drug-likeness (QED) is 0.515. The number of nitriles is 1. The van der Waals surface area contributed by atoms with Gasteiger partial charge in [-0.05, 0) is 0 Å². The van der Waals surface area contributed by atoms with E-state index in [0.29, 0.717) is 55.6 Å². The number of hydrogen-bond donors (Lipinski definition) is 1. The Morgan fingerprint density at radius 1 is 1.88 bits per heavy atom. The van der Waals surface area contributed by atoms with Crippen LogP contribution in [0.25, 0.3) is 0 Å². The van der Waals surface area contributed by atoms with Gasteiger partial charge in [0.25, 0.3) is 0 Å². The van der Waals surface area contributed by atoms with Gasteiger partial charge in [0.2, 0.25) is 0 Å². The summed E-state index contributed by atoms with van der Waals surface area (Å²) in [6.45, 7) is 0.566. The van der Waals surface area contributed by atoms with Gasteiger partial charge < -0.3 is 9.84 Å². The molecule has 42 valence electrons. The minimum absolute atomic E-state index is 0.122. The second-order valence-electron chi connectivity index (χ2n) is 0.940. The van der Waals surface area contributed by atoms with E-state index < -0.39 is 0 Å². The first kappa shape index (κ1) is 11.8. The van der Waals surface area contributed by atoms with Crippen molar-refractivity contribution in [3.05, 3.63) is 0 Å². The molecule has 0 aliphatic heterocycles. The van der Waals surface area contributed by atoms with Crippen molar-refractivity contribution >= 4 is 49.0 Å². The van der Waals surface area contributed by atoms with E-state index in [2.05, 4.69) is 4.74 Å². The third kappa shape index (κ3) is 27.8. The Balaban J connectivity index is 0. The van der Waals surface area contributed by atoms with Gasteiger partial charge in [-0.1, -0.05) is 0 Å². The fourth-order valence-corrected chi connectivity index (χ4v) is 0.0913. The van der Waals surface area contributed by atoms with Crippen LogP contribution in [0.3, 0.4) is 0 Å². The van der Waals surface area contributed by atoms with Gasteiger partial charge >= 0.3 is 54.4 Å². The molecule has 3 nitrogen and oxygen atoms in total. The van der Waals surface area contributed by atoms with Crippen LogP contribution >= 0.6 is 0 Å². The summed E-state index contributed by atoms with van der Waals surface area (Å²) in [5, 5.41) is 15.3. The zero-order valence-electron chi connectivity index (χ0n) is 5.22. The predicted molar refractivity (Wildman–Crippen MR) is 30.3 cm³/mol. The molecule has 0 unspecified atom stereocenters.